The van der Waals surface area contributed by atoms with Gasteiger partial charge >= 0.3 is 11.8 Å². The third kappa shape index (κ3) is 3.37. The van der Waals surface area contributed by atoms with Crippen LogP contribution in [0.4, 0.5) is 16.2 Å². The first kappa shape index (κ1) is 18.5. The van der Waals surface area contributed by atoms with Crippen LogP contribution in [0.1, 0.15) is 26.5 Å². The van der Waals surface area contributed by atoms with Crippen molar-refractivity contribution in [2.75, 3.05) is 12.0 Å². The standard InChI is InChI=1S/C17H22N6O4/c1-10-7-18-13-11(8-19-15(24)22(10)13)23(16(25)27-17(2,3)4)12-9-21(5)20-14(12)26-6/h7-9H,1-6H3,(H,19,24). The van der Waals surface area contributed by atoms with Crippen molar-refractivity contribution < 1.29 is 14.3 Å². The molecular weight excluding hydrogens is 352 g/mol. The van der Waals surface area contributed by atoms with E-state index in [0.29, 0.717) is 22.7 Å². The molecule has 0 spiro atoms. The second-order valence-corrected chi connectivity index (χ2v) is 7.05. The van der Waals surface area contributed by atoms with Crippen molar-refractivity contribution in [2.45, 2.75) is 33.3 Å². The lowest BCUT2D eigenvalue weighted by Gasteiger charge is -2.26. The van der Waals surface area contributed by atoms with Crippen molar-refractivity contribution in [1.29, 1.82) is 0 Å². The van der Waals surface area contributed by atoms with Crippen molar-refractivity contribution in [1.82, 2.24) is 24.1 Å². The van der Waals surface area contributed by atoms with E-state index in [2.05, 4.69) is 15.1 Å². The van der Waals surface area contributed by atoms with Gasteiger partial charge in [-0.25, -0.2) is 23.9 Å². The Morgan fingerprint density at radius 3 is 2.63 bits per heavy atom. The molecule has 0 saturated heterocycles. The number of fused-ring (bicyclic) bond motifs is 1. The first-order chi connectivity index (χ1) is 12.6. The van der Waals surface area contributed by atoms with E-state index in [4.69, 9.17) is 9.47 Å². The number of carbonyl (C=O) groups excluding carboxylic acids is 1. The molecule has 0 aliphatic rings. The Balaban J connectivity index is 2.26. The van der Waals surface area contributed by atoms with Crippen LogP contribution in [0.25, 0.3) is 5.65 Å². The number of anilines is 2. The molecule has 3 rings (SSSR count). The molecule has 0 saturated carbocycles. The highest BCUT2D eigenvalue weighted by Gasteiger charge is 2.31. The van der Waals surface area contributed by atoms with E-state index in [-0.39, 0.29) is 11.6 Å². The maximum absolute atomic E-state index is 13.1. The number of imidazole rings is 1. The Labute approximate surface area is 155 Å². The number of ether oxygens (including phenoxy) is 2. The minimum absolute atomic E-state index is 0.232. The number of carbonyl (C=O) groups is 1. The first-order valence-corrected chi connectivity index (χ1v) is 8.29. The zero-order valence-electron chi connectivity index (χ0n) is 16.1. The average molecular weight is 374 g/mol. The van der Waals surface area contributed by atoms with Crippen LogP contribution in [-0.4, -0.2) is 43.0 Å². The van der Waals surface area contributed by atoms with Gasteiger partial charge in [0, 0.05) is 25.1 Å². The highest BCUT2D eigenvalue weighted by atomic mass is 16.6. The average Bonchev–Trinajstić information content (AvgIpc) is 3.12. The van der Waals surface area contributed by atoms with Gasteiger partial charge in [0.05, 0.1) is 13.3 Å². The SMILES string of the molecule is COc1nn(C)cc1N(C(=O)OC(C)(C)C)c1c[nH]c(=O)n2c(C)cnc12. The number of H-pyrrole nitrogens is 1. The number of hydrogen-bond acceptors (Lipinski definition) is 6. The largest absolute Gasteiger partial charge is 0.478 e. The molecule has 0 atom stereocenters. The van der Waals surface area contributed by atoms with Gasteiger partial charge in [-0.15, -0.1) is 5.10 Å². The van der Waals surface area contributed by atoms with E-state index in [1.807, 2.05) is 0 Å². The minimum Gasteiger partial charge on any atom is -0.478 e. The van der Waals surface area contributed by atoms with Crippen LogP contribution < -0.4 is 15.3 Å². The lowest BCUT2D eigenvalue weighted by atomic mass is 10.2. The Morgan fingerprint density at radius 2 is 2.00 bits per heavy atom. The van der Waals surface area contributed by atoms with Gasteiger partial charge in [0.15, 0.2) is 5.65 Å². The first-order valence-electron chi connectivity index (χ1n) is 8.29. The smallest absolute Gasteiger partial charge is 0.419 e. The number of nitrogens with one attached hydrogen (secondary N) is 1. The van der Waals surface area contributed by atoms with Crippen molar-refractivity contribution in [2.24, 2.45) is 7.05 Å². The summed E-state index contributed by atoms with van der Waals surface area (Å²) < 4.78 is 13.8. The van der Waals surface area contributed by atoms with E-state index in [9.17, 15) is 9.59 Å². The van der Waals surface area contributed by atoms with E-state index < -0.39 is 11.7 Å². The molecule has 144 valence electrons. The molecule has 1 amide bonds. The van der Waals surface area contributed by atoms with Gasteiger partial charge in [0.2, 0.25) is 0 Å². The maximum Gasteiger partial charge on any atom is 0.419 e. The zero-order valence-corrected chi connectivity index (χ0v) is 16.1. The number of amides is 1. The summed E-state index contributed by atoms with van der Waals surface area (Å²) in [7, 11) is 3.17. The van der Waals surface area contributed by atoms with Gasteiger partial charge in [0.25, 0.3) is 5.88 Å². The quantitative estimate of drug-likeness (QED) is 0.753. The topological polar surface area (TPSA) is 107 Å². The van der Waals surface area contributed by atoms with E-state index in [0.717, 1.165) is 0 Å². The highest BCUT2D eigenvalue weighted by Crippen LogP contribution is 2.35. The molecule has 3 aromatic rings. The number of nitrogens with zero attached hydrogens (tertiary/aromatic N) is 5. The molecule has 0 aliphatic heterocycles. The molecule has 10 nitrogen and oxygen atoms in total. The predicted molar refractivity (Wildman–Crippen MR) is 98.7 cm³/mol. The van der Waals surface area contributed by atoms with Crippen LogP contribution in [0.15, 0.2) is 23.4 Å². The van der Waals surface area contributed by atoms with Crippen molar-refractivity contribution in [3.63, 3.8) is 0 Å². The predicted octanol–water partition coefficient (Wildman–Crippen LogP) is 2.15. The third-order valence-electron chi connectivity index (χ3n) is 3.73. The normalized spacial score (nSPS) is 11.6. The molecule has 0 aromatic carbocycles. The van der Waals surface area contributed by atoms with Gasteiger partial charge < -0.3 is 14.5 Å². The summed E-state index contributed by atoms with van der Waals surface area (Å²) in [6.07, 6.45) is 3.95. The summed E-state index contributed by atoms with van der Waals surface area (Å²) in [4.78, 5) is 33.5. The molecule has 0 unspecified atom stereocenters. The van der Waals surface area contributed by atoms with Crippen molar-refractivity contribution >= 4 is 23.1 Å². The minimum atomic E-state index is -0.728. The van der Waals surface area contributed by atoms with Crippen LogP contribution in [0, 0.1) is 6.92 Å². The summed E-state index contributed by atoms with van der Waals surface area (Å²) in [5, 5.41) is 4.20. The highest BCUT2D eigenvalue weighted by molar-refractivity contribution is 6.00. The molecule has 3 heterocycles. The Kier molecular flexibility index (Phi) is 4.42. The molecule has 0 bridgehead atoms. The van der Waals surface area contributed by atoms with Crippen LogP contribution >= 0.6 is 0 Å². The van der Waals surface area contributed by atoms with Crippen LogP contribution in [-0.2, 0) is 11.8 Å². The zero-order chi connectivity index (χ0) is 19.9. The number of aromatic nitrogens is 5. The Morgan fingerprint density at radius 1 is 1.30 bits per heavy atom. The number of aryl methyl sites for hydroxylation is 2. The van der Waals surface area contributed by atoms with Crippen molar-refractivity contribution in [3.8, 4) is 5.88 Å². The second-order valence-electron chi connectivity index (χ2n) is 7.05. The molecule has 0 aliphatic carbocycles. The van der Waals surface area contributed by atoms with E-state index in [1.54, 1.807) is 47.1 Å². The summed E-state index contributed by atoms with van der Waals surface area (Å²) in [6.45, 7) is 7.06. The van der Waals surface area contributed by atoms with Crippen LogP contribution in [0.2, 0.25) is 0 Å². The van der Waals surface area contributed by atoms with Gasteiger partial charge in [-0.05, 0) is 27.7 Å². The fourth-order valence-electron chi connectivity index (χ4n) is 2.69. The van der Waals surface area contributed by atoms with Crippen molar-refractivity contribution in [3.05, 3.63) is 34.8 Å². The molecule has 3 aromatic heterocycles. The lowest BCUT2D eigenvalue weighted by molar-refractivity contribution is 0.0598. The fraction of sp³-hybridized carbons (Fsp3) is 0.412. The van der Waals surface area contributed by atoms with E-state index in [1.165, 1.54) is 27.3 Å². The number of methoxy groups -OCH3 is 1. The van der Waals surface area contributed by atoms with Gasteiger partial charge in [-0.2, -0.15) is 0 Å². The number of hydrogen-bond donors (Lipinski definition) is 1. The van der Waals surface area contributed by atoms with Gasteiger partial charge in [0.1, 0.15) is 17.0 Å². The summed E-state index contributed by atoms with van der Waals surface area (Å²) in [5.41, 5.74) is 0.566. The monoisotopic (exact) mass is 374 g/mol. The molecule has 10 heteroatoms. The molecule has 0 radical (unpaired) electrons. The van der Waals surface area contributed by atoms with Gasteiger partial charge in [-0.3, -0.25) is 4.68 Å². The molecular formula is C17H22N6O4. The Bertz CT molecular complexity index is 1060. The molecule has 0 fully saturated rings. The Hall–Kier alpha value is -3.30. The third-order valence-corrected chi connectivity index (χ3v) is 3.73. The van der Waals surface area contributed by atoms with Gasteiger partial charge in [-0.1, -0.05) is 0 Å². The summed E-state index contributed by atoms with van der Waals surface area (Å²) >= 11 is 0. The fourth-order valence-corrected chi connectivity index (χ4v) is 2.69. The summed E-state index contributed by atoms with van der Waals surface area (Å²) in [6, 6.07) is 0. The number of rotatable bonds is 3. The summed E-state index contributed by atoms with van der Waals surface area (Å²) in [5.74, 6) is 0.232. The van der Waals surface area contributed by atoms with Crippen LogP contribution in [0.5, 0.6) is 5.88 Å². The van der Waals surface area contributed by atoms with E-state index >= 15 is 0 Å². The molecule has 1 N–H and O–H groups in total. The maximum atomic E-state index is 13.1. The van der Waals surface area contributed by atoms with Crippen LogP contribution in [0.3, 0.4) is 0 Å². The second kappa shape index (κ2) is 6.45. The lowest BCUT2D eigenvalue weighted by Crippen LogP contribution is -2.35. The molecule has 27 heavy (non-hydrogen) atoms. The number of aromatic amines is 1.